The zero-order valence-electron chi connectivity index (χ0n) is 9.95. The van der Waals surface area contributed by atoms with Gasteiger partial charge in [-0.3, -0.25) is 4.79 Å². The van der Waals surface area contributed by atoms with Crippen LogP contribution in [-0.4, -0.2) is 35.1 Å². The van der Waals surface area contributed by atoms with Gasteiger partial charge < -0.3 is 4.90 Å². The van der Waals surface area contributed by atoms with Crippen LogP contribution in [0.1, 0.15) is 23.3 Å². The van der Waals surface area contributed by atoms with Crippen molar-refractivity contribution in [3.05, 3.63) is 29.8 Å². The minimum absolute atomic E-state index is 0.0151. The van der Waals surface area contributed by atoms with E-state index in [0.717, 1.165) is 6.07 Å². The number of alkyl halides is 3. The molecule has 0 saturated carbocycles. The summed E-state index contributed by atoms with van der Waals surface area (Å²) in [6.07, 6.45) is -4.46. The molecule has 1 aliphatic rings. The number of amides is 1. The molecule has 104 valence electrons. The predicted molar refractivity (Wildman–Crippen MR) is 58.9 cm³/mol. The fourth-order valence-electron chi connectivity index (χ4n) is 2.10. The van der Waals surface area contributed by atoms with E-state index in [4.69, 9.17) is 0 Å². The molecular weight excluding hydrogens is 264 g/mol. The summed E-state index contributed by atoms with van der Waals surface area (Å²) in [6, 6.07) is 3.80. The maximum atomic E-state index is 12.9. The summed E-state index contributed by atoms with van der Waals surface area (Å²) >= 11 is 0. The van der Waals surface area contributed by atoms with E-state index in [9.17, 15) is 22.4 Å². The third-order valence-electron chi connectivity index (χ3n) is 3.18. The molecule has 0 bridgehead atoms. The number of carbonyl (C=O) groups is 1. The molecule has 2 heterocycles. The van der Waals surface area contributed by atoms with Gasteiger partial charge in [0.2, 0.25) is 5.95 Å². The van der Waals surface area contributed by atoms with Crippen molar-refractivity contribution in [2.24, 2.45) is 5.92 Å². The maximum Gasteiger partial charge on any atom is 0.391 e. The number of carbonyl (C=O) groups excluding carboxylic acids is 1. The number of halogens is 4. The molecule has 1 fully saturated rings. The quantitative estimate of drug-likeness (QED) is 0.583. The van der Waals surface area contributed by atoms with Crippen LogP contribution in [0.25, 0.3) is 0 Å². The first-order chi connectivity index (χ1) is 8.88. The summed E-state index contributed by atoms with van der Waals surface area (Å²) < 4.78 is 50.3. The molecule has 1 aromatic heterocycles. The molecule has 0 aliphatic carbocycles. The first-order valence-electron chi connectivity index (χ1n) is 5.86. The third kappa shape index (κ3) is 3.21. The Balaban J connectivity index is 2.00. The highest BCUT2D eigenvalue weighted by Gasteiger charge is 2.41. The molecule has 0 aromatic carbocycles. The molecule has 1 aromatic rings. The molecule has 0 atom stereocenters. The SMILES string of the molecule is O=C(c1cccc(F)n1)N1CCC(C(F)(F)F)CC1. The van der Waals surface area contributed by atoms with Crippen LogP contribution < -0.4 is 0 Å². The summed E-state index contributed by atoms with van der Waals surface area (Å²) in [6.45, 7) is 0.0302. The molecule has 1 saturated heterocycles. The highest BCUT2D eigenvalue weighted by atomic mass is 19.4. The Morgan fingerprint density at radius 2 is 1.89 bits per heavy atom. The van der Waals surface area contributed by atoms with Gasteiger partial charge in [0.1, 0.15) is 5.69 Å². The second-order valence-electron chi connectivity index (χ2n) is 4.45. The summed E-state index contributed by atoms with van der Waals surface area (Å²) in [7, 11) is 0. The van der Waals surface area contributed by atoms with Gasteiger partial charge in [0.25, 0.3) is 5.91 Å². The lowest BCUT2D eigenvalue weighted by Gasteiger charge is -2.32. The second kappa shape index (κ2) is 5.14. The number of aromatic nitrogens is 1. The lowest BCUT2D eigenvalue weighted by molar-refractivity contribution is -0.183. The smallest absolute Gasteiger partial charge is 0.337 e. The normalized spacial score (nSPS) is 17.6. The Bertz CT molecular complexity index is 467. The third-order valence-corrected chi connectivity index (χ3v) is 3.18. The molecular formula is C12H12F4N2O. The van der Waals surface area contributed by atoms with Crippen molar-refractivity contribution >= 4 is 5.91 Å². The van der Waals surface area contributed by atoms with E-state index in [0.29, 0.717) is 0 Å². The predicted octanol–water partition coefficient (Wildman–Crippen LogP) is 2.64. The Kier molecular flexibility index (Phi) is 3.73. The van der Waals surface area contributed by atoms with E-state index in [-0.39, 0.29) is 31.6 Å². The zero-order valence-corrected chi connectivity index (χ0v) is 9.95. The average molecular weight is 276 g/mol. The Morgan fingerprint density at radius 3 is 2.42 bits per heavy atom. The number of rotatable bonds is 1. The van der Waals surface area contributed by atoms with Gasteiger partial charge in [-0.25, -0.2) is 4.98 Å². The summed E-state index contributed by atoms with van der Waals surface area (Å²) in [5.74, 6) is -2.67. The molecule has 3 nitrogen and oxygen atoms in total. The van der Waals surface area contributed by atoms with Gasteiger partial charge in [-0.05, 0) is 25.0 Å². The van der Waals surface area contributed by atoms with Crippen molar-refractivity contribution in [2.75, 3.05) is 13.1 Å². The van der Waals surface area contributed by atoms with E-state index < -0.39 is 23.9 Å². The number of hydrogen-bond acceptors (Lipinski definition) is 2. The van der Waals surface area contributed by atoms with E-state index in [2.05, 4.69) is 4.98 Å². The van der Waals surface area contributed by atoms with Crippen LogP contribution in [0.3, 0.4) is 0 Å². The van der Waals surface area contributed by atoms with Crippen LogP contribution in [0.2, 0.25) is 0 Å². The lowest BCUT2D eigenvalue weighted by Crippen LogP contribution is -2.42. The fourth-order valence-corrected chi connectivity index (χ4v) is 2.10. The molecule has 2 rings (SSSR count). The zero-order chi connectivity index (χ0) is 14.0. The Morgan fingerprint density at radius 1 is 1.26 bits per heavy atom. The monoisotopic (exact) mass is 276 g/mol. The highest BCUT2D eigenvalue weighted by Crippen LogP contribution is 2.34. The minimum Gasteiger partial charge on any atom is -0.337 e. The number of piperidine rings is 1. The van der Waals surface area contributed by atoms with Gasteiger partial charge in [0.05, 0.1) is 5.92 Å². The van der Waals surface area contributed by atoms with Crippen LogP contribution in [0.4, 0.5) is 17.6 Å². The number of pyridine rings is 1. The first-order valence-corrected chi connectivity index (χ1v) is 5.86. The fraction of sp³-hybridized carbons (Fsp3) is 0.500. The van der Waals surface area contributed by atoms with Crippen molar-refractivity contribution in [3.63, 3.8) is 0 Å². The molecule has 0 N–H and O–H groups in total. The number of hydrogen-bond donors (Lipinski definition) is 0. The maximum absolute atomic E-state index is 12.9. The Labute approximate surface area is 107 Å². The Hall–Kier alpha value is -1.66. The highest BCUT2D eigenvalue weighted by molar-refractivity contribution is 5.92. The topological polar surface area (TPSA) is 33.2 Å². The van der Waals surface area contributed by atoms with Crippen LogP contribution in [0.5, 0.6) is 0 Å². The minimum atomic E-state index is -4.22. The van der Waals surface area contributed by atoms with E-state index in [1.807, 2.05) is 0 Å². The average Bonchev–Trinajstić information content (AvgIpc) is 2.37. The van der Waals surface area contributed by atoms with E-state index in [1.165, 1.54) is 17.0 Å². The van der Waals surface area contributed by atoms with Gasteiger partial charge in [-0.1, -0.05) is 6.07 Å². The largest absolute Gasteiger partial charge is 0.391 e. The second-order valence-corrected chi connectivity index (χ2v) is 4.45. The van der Waals surface area contributed by atoms with Crippen LogP contribution >= 0.6 is 0 Å². The molecule has 19 heavy (non-hydrogen) atoms. The molecule has 1 aliphatic heterocycles. The molecule has 7 heteroatoms. The summed E-state index contributed by atoms with van der Waals surface area (Å²) in [5, 5.41) is 0. The first kappa shape index (κ1) is 13.8. The number of likely N-dealkylation sites (tertiary alicyclic amines) is 1. The molecule has 0 radical (unpaired) electrons. The van der Waals surface area contributed by atoms with Gasteiger partial charge in [-0.2, -0.15) is 17.6 Å². The van der Waals surface area contributed by atoms with Crippen molar-refractivity contribution in [3.8, 4) is 0 Å². The van der Waals surface area contributed by atoms with Crippen LogP contribution in [-0.2, 0) is 0 Å². The number of nitrogens with zero attached hydrogens (tertiary/aromatic N) is 2. The van der Waals surface area contributed by atoms with Crippen LogP contribution in [0, 0.1) is 11.9 Å². The van der Waals surface area contributed by atoms with Gasteiger partial charge in [-0.15, -0.1) is 0 Å². The van der Waals surface area contributed by atoms with Gasteiger partial charge >= 0.3 is 6.18 Å². The molecule has 0 unspecified atom stereocenters. The van der Waals surface area contributed by atoms with E-state index >= 15 is 0 Å². The van der Waals surface area contributed by atoms with E-state index in [1.54, 1.807) is 0 Å². The van der Waals surface area contributed by atoms with Crippen molar-refractivity contribution in [2.45, 2.75) is 19.0 Å². The van der Waals surface area contributed by atoms with Gasteiger partial charge in [0, 0.05) is 13.1 Å². The van der Waals surface area contributed by atoms with Crippen molar-refractivity contribution in [1.29, 1.82) is 0 Å². The lowest BCUT2D eigenvalue weighted by atomic mass is 9.96. The standard InChI is InChI=1S/C12H12F4N2O/c13-10-3-1-2-9(17-10)11(19)18-6-4-8(5-7-18)12(14,15)16/h1-3,8H,4-7H2. The van der Waals surface area contributed by atoms with Crippen molar-refractivity contribution in [1.82, 2.24) is 9.88 Å². The summed E-state index contributed by atoms with van der Waals surface area (Å²) in [5.41, 5.74) is -0.0783. The van der Waals surface area contributed by atoms with Gasteiger partial charge in [0.15, 0.2) is 0 Å². The molecule has 1 amide bonds. The molecule has 0 spiro atoms. The van der Waals surface area contributed by atoms with Crippen molar-refractivity contribution < 1.29 is 22.4 Å². The van der Waals surface area contributed by atoms with Crippen LogP contribution in [0.15, 0.2) is 18.2 Å². The summed E-state index contributed by atoms with van der Waals surface area (Å²) in [4.78, 5) is 16.6.